The van der Waals surface area contributed by atoms with Crippen molar-refractivity contribution >= 4 is 39.5 Å². The fourth-order valence-electron chi connectivity index (χ4n) is 9.01. The highest BCUT2D eigenvalue weighted by atomic mass is 31.2. The lowest BCUT2D eigenvalue weighted by molar-refractivity contribution is -0.161. The highest BCUT2D eigenvalue weighted by molar-refractivity contribution is 7.47. The zero-order valence-electron chi connectivity index (χ0n) is 52.4. The Morgan fingerprint density at radius 3 is 0.877 bits per heavy atom. The number of aliphatic hydroxyl groups is 1. The molecule has 19 heteroatoms. The second-order valence-electron chi connectivity index (χ2n) is 23.9. The average Bonchev–Trinajstić information content (AvgIpc) is 3.42. The molecular weight excluding hydrogens is 1080 g/mol. The van der Waals surface area contributed by atoms with Gasteiger partial charge < -0.3 is 33.8 Å². The molecule has 0 aliphatic heterocycles. The van der Waals surface area contributed by atoms with Crippen LogP contribution in [-0.2, 0) is 65.4 Å². The van der Waals surface area contributed by atoms with E-state index in [1.165, 1.54) is 83.5 Å². The van der Waals surface area contributed by atoms with E-state index in [-0.39, 0.29) is 25.7 Å². The van der Waals surface area contributed by atoms with Crippen molar-refractivity contribution in [3.8, 4) is 0 Å². The van der Waals surface area contributed by atoms with Gasteiger partial charge in [-0.25, -0.2) is 9.13 Å². The molecule has 0 aromatic carbocycles. The van der Waals surface area contributed by atoms with Crippen molar-refractivity contribution in [3.05, 3.63) is 0 Å². The van der Waals surface area contributed by atoms with Crippen molar-refractivity contribution in [3.63, 3.8) is 0 Å². The van der Waals surface area contributed by atoms with E-state index in [0.717, 1.165) is 120 Å². The quantitative estimate of drug-likeness (QED) is 0.0222. The number of carbonyl (C=O) groups is 4. The number of aliphatic hydroxyl groups excluding tert-OH is 1. The van der Waals surface area contributed by atoms with E-state index in [1.807, 2.05) is 0 Å². The maximum atomic E-state index is 12.9. The van der Waals surface area contributed by atoms with Crippen molar-refractivity contribution in [1.82, 2.24) is 0 Å². The predicted molar refractivity (Wildman–Crippen MR) is 321 cm³/mol. The lowest BCUT2D eigenvalue weighted by Gasteiger charge is -2.21. The first-order valence-electron chi connectivity index (χ1n) is 32.3. The second-order valence-corrected chi connectivity index (χ2v) is 26.8. The summed E-state index contributed by atoms with van der Waals surface area (Å²) in [5.41, 5.74) is 0. The Kier molecular flexibility index (Phi) is 51.1. The molecule has 7 atom stereocenters. The minimum absolute atomic E-state index is 0.101. The zero-order valence-corrected chi connectivity index (χ0v) is 54.2. The summed E-state index contributed by atoms with van der Waals surface area (Å²) in [5.74, 6) is 0.728. The molecule has 0 aliphatic carbocycles. The van der Waals surface area contributed by atoms with Gasteiger partial charge in [-0.2, -0.15) is 0 Å². The summed E-state index contributed by atoms with van der Waals surface area (Å²) in [6.07, 6.45) is 30.9. The monoisotopic (exact) mass is 1200 g/mol. The van der Waals surface area contributed by atoms with Gasteiger partial charge in [0.2, 0.25) is 0 Å². The summed E-state index contributed by atoms with van der Waals surface area (Å²) in [7, 11) is -9.89. The van der Waals surface area contributed by atoms with Crippen LogP contribution in [0.25, 0.3) is 0 Å². The molecule has 0 saturated carbocycles. The van der Waals surface area contributed by atoms with Crippen LogP contribution in [0.1, 0.15) is 293 Å². The van der Waals surface area contributed by atoms with Crippen molar-refractivity contribution in [2.75, 3.05) is 39.6 Å². The van der Waals surface area contributed by atoms with Gasteiger partial charge in [0.15, 0.2) is 12.2 Å². The number of unbranched alkanes of at least 4 members (excludes halogenated alkanes) is 23. The van der Waals surface area contributed by atoms with Crippen molar-refractivity contribution in [1.29, 1.82) is 0 Å². The number of phosphoric acid groups is 2. The first-order valence-corrected chi connectivity index (χ1v) is 35.3. The minimum atomic E-state index is -4.94. The van der Waals surface area contributed by atoms with Gasteiger partial charge in [-0.05, 0) is 49.4 Å². The molecule has 0 heterocycles. The van der Waals surface area contributed by atoms with E-state index in [4.69, 9.17) is 37.0 Å². The fraction of sp³-hybridized carbons (Fsp3) is 0.935. The molecule has 0 saturated heterocycles. The fourth-order valence-corrected chi connectivity index (χ4v) is 10.6. The Morgan fingerprint density at radius 1 is 0.346 bits per heavy atom. The minimum Gasteiger partial charge on any atom is -0.462 e. The SMILES string of the molecule is CCC(C)CCCCCCCCC(=O)OC[C@H](COP(=O)(O)OCC(O)COP(=O)(O)OC[C@@H](COC(=O)CCCCCCCCCC(C)C)OC(=O)CCCCCCCCC(C)CC)OC(=O)CCCCCCCCCCC(C)C. The third-order valence-electron chi connectivity index (χ3n) is 14.8. The molecule has 0 fully saturated rings. The Morgan fingerprint density at radius 2 is 0.593 bits per heavy atom. The van der Waals surface area contributed by atoms with Crippen molar-refractivity contribution in [2.24, 2.45) is 23.7 Å². The van der Waals surface area contributed by atoms with Crippen LogP contribution in [0.5, 0.6) is 0 Å². The van der Waals surface area contributed by atoms with Gasteiger partial charge in [0.05, 0.1) is 26.4 Å². The number of hydrogen-bond donors (Lipinski definition) is 3. The molecule has 5 unspecified atom stereocenters. The highest BCUT2D eigenvalue weighted by Gasteiger charge is 2.30. The van der Waals surface area contributed by atoms with Gasteiger partial charge in [-0.3, -0.25) is 37.3 Å². The molecule has 81 heavy (non-hydrogen) atoms. The molecule has 0 amide bonds. The summed E-state index contributed by atoms with van der Waals surface area (Å²) >= 11 is 0. The van der Waals surface area contributed by atoms with E-state index in [2.05, 4.69) is 55.4 Å². The Hall–Kier alpha value is -1.94. The van der Waals surface area contributed by atoms with Crippen LogP contribution in [-0.4, -0.2) is 96.7 Å². The lowest BCUT2D eigenvalue weighted by atomic mass is 10.00. The predicted octanol–water partition coefficient (Wildman–Crippen LogP) is 16.6. The van der Waals surface area contributed by atoms with Gasteiger partial charge in [-0.15, -0.1) is 0 Å². The van der Waals surface area contributed by atoms with Crippen LogP contribution >= 0.6 is 15.6 Å². The molecule has 480 valence electrons. The molecule has 0 spiro atoms. The van der Waals surface area contributed by atoms with Gasteiger partial charge in [0.1, 0.15) is 19.3 Å². The van der Waals surface area contributed by atoms with E-state index >= 15 is 0 Å². The van der Waals surface area contributed by atoms with Crippen LogP contribution in [0.3, 0.4) is 0 Å². The van der Waals surface area contributed by atoms with Gasteiger partial charge in [0, 0.05) is 25.7 Å². The first kappa shape index (κ1) is 79.1. The highest BCUT2D eigenvalue weighted by Crippen LogP contribution is 2.45. The van der Waals surface area contributed by atoms with Crippen LogP contribution in [0, 0.1) is 23.7 Å². The smallest absolute Gasteiger partial charge is 0.462 e. The zero-order chi connectivity index (χ0) is 60.4. The molecule has 0 aliphatic rings. The summed E-state index contributed by atoms with van der Waals surface area (Å²) in [6.45, 7) is 13.9. The van der Waals surface area contributed by atoms with E-state index in [9.17, 15) is 43.2 Å². The normalized spacial score (nSPS) is 15.2. The number of hydrogen-bond acceptors (Lipinski definition) is 15. The number of carbonyl (C=O) groups excluding carboxylic acids is 4. The number of phosphoric ester groups is 2. The molecule has 3 N–H and O–H groups in total. The van der Waals surface area contributed by atoms with Crippen LogP contribution < -0.4 is 0 Å². The topological polar surface area (TPSA) is 237 Å². The van der Waals surface area contributed by atoms with E-state index in [0.29, 0.717) is 31.6 Å². The third kappa shape index (κ3) is 54.5. The molecule has 0 aromatic heterocycles. The Balaban J connectivity index is 5.27. The van der Waals surface area contributed by atoms with Crippen LogP contribution in [0.15, 0.2) is 0 Å². The second kappa shape index (κ2) is 52.4. The summed E-state index contributed by atoms with van der Waals surface area (Å²) in [5, 5.41) is 10.5. The molecule has 17 nitrogen and oxygen atoms in total. The number of rotatable bonds is 59. The molecular formula is C62H120O17P2. The van der Waals surface area contributed by atoms with Crippen molar-refractivity contribution < 1.29 is 80.2 Å². The third-order valence-corrected chi connectivity index (χ3v) is 16.7. The standard InChI is InChI=1S/C62H120O17P2/c1-9-54(7)40-32-24-18-20-27-35-43-60(65)73-49-57(78-61(66)44-36-28-16-12-11-14-22-30-38-52(3)4)50-76-80(68,69)74-46-56(63)47-75-81(70,71)77-51-58(79-62(67)45-37-29-21-19-25-33-41-55(8)10-2)48-72-59(64)42-34-26-17-13-15-23-31-39-53(5)6/h52-58,63H,9-51H2,1-8H3,(H,68,69)(H,70,71)/t54?,55?,56?,57-,58-/m1/s1. The summed E-state index contributed by atoms with van der Waals surface area (Å²) in [4.78, 5) is 72.1. The maximum Gasteiger partial charge on any atom is 0.472 e. The lowest BCUT2D eigenvalue weighted by Crippen LogP contribution is -2.30. The van der Waals surface area contributed by atoms with Gasteiger partial charge in [0.25, 0.3) is 0 Å². The molecule has 0 radical (unpaired) electrons. The number of ether oxygens (including phenoxy) is 4. The summed E-state index contributed by atoms with van der Waals surface area (Å²) in [6, 6.07) is 0. The van der Waals surface area contributed by atoms with Gasteiger partial charge in [-0.1, -0.05) is 242 Å². The summed E-state index contributed by atoms with van der Waals surface area (Å²) < 4.78 is 67.9. The van der Waals surface area contributed by atoms with Crippen LogP contribution in [0.2, 0.25) is 0 Å². The molecule has 0 bridgehead atoms. The largest absolute Gasteiger partial charge is 0.472 e. The van der Waals surface area contributed by atoms with Gasteiger partial charge >= 0.3 is 39.5 Å². The first-order chi connectivity index (χ1) is 38.7. The number of esters is 4. The Labute approximate surface area is 492 Å². The van der Waals surface area contributed by atoms with Crippen LogP contribution in [0.4, 0.5) is 0 Å². The maximum absolute atomic E-state index is 12.9. The Bertz CT molecular complexity index is 1630. The average molecular weight is 1200 g/mol. The molecule has 0 rings (SSSR count). The van der Waals surface area contributed by atoms with Crippen molar-refractivity contribution in [2.45, 2.75) is 311 Å². The molecule has 0 aromatic rings. The van der Waals surface area contributed by atoms with E-state index < -0.39 is 97.5 Å². The van der Waals surface area contributed by atoms with E-state index in [1.54, 1.807) is 0 Å².